The molecule has 0 saturated carbocycles. The minimum Gasteiger partial charge on any atom is -0.457 e. The van der Waals surface area contributed by atoms with Gasteiger partial charge in [0.05, 0.1) is 16.0 Å². The number of carbonyl (C=O) groups is 1. The SMILES string of the molecule is O=C(OCc1cccc(C(F)(F)F)c1)c1cccc(S(=O)(=O)NCc2ccccc2)c1. The van der Waals surface area contributed by atoms with Crippen LogP contribution in [0.4, 0.5) is 13.2 Å². The van der Waals surface area contributed by atoms with E-state index in [1.54, 1.807) is 24.3 Å². The van der Waals surface area contributed by atoms with E-state index in [1.165, 1.54) is 30.3 Å². The highest BCUT2D eigenvalue weighted by molar-refractivity contribution is 7.89. The maximum Gasteiger partial charge on any atom is 0.416 e. The first-order valence-corrected chi connectivity index (χ1v) is 10.6. The Morgan fingerprint density at radius 3 is 2.26 bits per heavy atom. The molecule has 0 aliphatic rings. The van der Waals surface area contributed by atoms with Gasteiger partial charge in [0.1, 0.15) is 6.61 Å². The minimum atomic E-state index is -4.50. The van der Waals surface area contributed by atoms with Crippen LogP contribution in [0.5, 0.6) is 0 Å². The third kappa shape index (κ3) is 6.16. The molecule has 0 unspecified atom stereocenters. The standard InChI is InChI=1S/C22H18F3NO4S/c23-22(24,25)19-10-4-8-17(12-19)15-30-21(27)18-9-5-11-20(13-18)31(28,29)26-14-16-6-2-1-3-7-16/h1-13,26H,14-15H2. The van der Waals surface area contributed by atoms with Gasteiger partial charge in [-0.2, -0.15) is 13.2 Å². The van der Waals surface area contributed by atoms with E-state index in [9.17, 15) is 26.4 Å². The van der Waals surface area contributed by atoms with Gasteiger partial charge in [0.25, 0.3) is 0 Å². The summed E-state index contributed by atoms with van der Waals surface area (Å²) in [7, 11) is -3.89. The molecule has 31 heavy (non-hydrogen) atoms. The number of esters is 1. The molecule has 9 heteroatoms. The number of hydrogen-bond donors (Lipinski definition) is 1. The second kappa shape index (κ2) is 9.32. The molecule has 1 N–H and O–H groups in total. The number of halogens is 3. The molecule has 0 heterocycles. The number of nitrogens with one attached hydrogen (secondary N) is 1. The molecule has 0 amide bonds. The summed E-state index contributed by atoms with van der Waals surface area (Å²) in [6.07, 6.45) is -4.50. The molecule has 0 radical (unpaired) electrons. The fourth-order valence-corrected chi connectivity index (χ4v) is 3.78. The van der Waals surface area contributed by atoms with Crippen molar-refractivity contribution in [1.29, 1.82) is 0 Å². The second-order valence-corrected chi connectivity index (χ2v) is 8.38. The van der Waals surface area contributed by atoms with E-state index in [4.69, 9.17) is 4.74 Å². The van der Waals surface area contributed by atoms with Crippen molar-refractivity contribution in [3.05, 3.63) is 101 Å². The van der Waals surface area contributed by atoms with E-state index in [1.807, 2.05) is 6.07 Å². The number of rotatable bonds is 7. The Labute approximate surface area is 177 Å². The molecule has 0 atom stereocenters. The van der Waals surface area contributed by atoms with Gasteiger partial charge in [0.15, 0.2) is 0 Å². The molecule has 3 aromatic carbocycles. The molecule has 0 aliphatic heterocycles. The lowest BCUT2D eigenvalue weighted by atomic mass is 10.1. The van der Waals surface area contributed by atoms with Crippen LogP contribution >= 0.6 is 0 Å². The second-order valence-electron chi connectivity index (χ2n) is 6.61. The van der Waals surface area contributed by atoms with Crippen molar-refractivity contribution in [2.75, 3.05) is 0 Å². The third-order valence-corrected chi connectivity index (χ3v) is 5.71. The van der Waals surface area contributed by atoms with Crippen LogP contribution < -0.4 is 4.72 Å². The number of carbonyl (C=O) groups excluding carboxylic acids is 1. The van der Waals surface area contributed by atoms with Crippen LogP contribution in [0.25, 0.3) is 0 Å². The molecular formula is C22H18F3NO4S. The highest BCUT2D eigenvalue weighted by atomic mass is 32.2. The van der Waals surface area contributed by atoms with Crippen LogP contribution in [-0.4, -0.2) is 14.4 Å². The summed E-state index contributed by atoms with van der Waals surface area (Å²) in [5.41, 5.74) is 0.0485. The number of ether oxygens (including phenoxy) is 1. The predicted molar refractivity (Wildman–Crippen MR) is 107 cm³/mol. The van der Waals surface area contributed by atoms with Crippen LogP contribution in [0.1, 0.15) is 27.0 Å². The Kier molecular flexibility index (Phi) is 6.77. The predicted octanol–water partition coefficient (Wildman–Crippen LogP) is 4.54. The van der Waals surface area contributed by atoms with Crippen molar-refractivity contribution in [2.24, 2.45) is 0 Å². The highest BCUT2D eigenvalue weighted by Crippen LogP contribution is 2.29. The van der Waals surface area contributed by atoms with Crippen molar-refractivity contribution in [3.63, 3.8) is 0 Å². The van der Waals surface area contributed by atoms with Crippen molar-refractivity contribution in [3.8, 4) is 0 Å². The van der Waals surface area contributed by atoms with E-state index >= 15 is 0 Å². The maximum absolute atomic E-state index is 12.8. The third-order valence-electron chi connectivity index (χ3n) is 4.31. The number of alkyl halides is 3. The average molecular weight is 449 g/mol. The first-order chi connectivity index (χ1) is 14.6. The number of sulfonamides is 1. The van der Waals surface area contributed by atoms with E-state index in [2.05, 4.69) is 4.72 Å². The molecule has 0 aromatic heterocycles. The van der Waals surface area contributed by atoms with Gasteiger partial charge in [-0.15, -0.1) is 0 Å². The molecule has 0 fully saturated rings. The quantitative estimate of drug-likeness (QED) is 0.538. The summed E-state index contributed by atoms with van der Waals surface area (Å²) in [5.74, 6) is -0.850. The average Bonchev–Trinajstić information content (AvgIpc) is 2.76. The molecule has 3 rings (SSSR count). The number of hydrogen-bond acceptors (Lipinski definition) is 4. The largest absolute Gasteiger partial charge is 0.457 e. The monoisotopic (exact) mass is 449 g/mol. The Hall–Kier alpha value is -3.17. The lowest BCUT2D eigenvalue weighted by molar-refractivity contribution is -0.137. The van der Waals surface area contributed by atoms with Gasteiger partial charge in [-0.05, 0) is 41.5 Å². The van der Waals surface area contributed by atoms with Gasteiger partial charge in [-0.25, -0.2) is 17.9 Å². The van der Waals surface area contributed by atoms with Gasteiger partial charge >= 0.3 is 12.1 Å². The van der Waals surface area contributed by atoms with Crippen LogP contribution in [0.15, 0.2) is 83.8 Å². The van der Waals surface area contributed by atoms with Gasteiger partial charge in [-0.3, -0.25) is 0 Å². The Morgan fingerprint density at radius 2 is 1.55 bits per heavy atom. The fourth-order valence-electron chi connectivity index (χ4n) is 2.72. The van der Waals surface area contributed by atoms with Gasteiger partial charge in [-0.1, -0.05) is 48.5 Å². The summed E-state index contributed by atoms with van der Waals surface area (Å²) < 4.78 is 70.9. The Bertz CT molecular complexity index is 1160. The topological polar surface area (TPSA) is 72.5 Å². The Balaban J connectivity index is 1.67. The summed E-state index contributed by atoms with van der Waals surface area (Å²) in [6, 6.07) is 18.6. The molecule has 0 saturated heterocycles. The minimum absolute atomic E-state index is 0.0328. The van der Waals surface area contributed by atoms with Crippen molar-refractivity contribution in [1.82, 2.24) is 4.72 Å². The van der Waals surface area contributed by atoms with Crippen molar-refractivity contribution >= 4 is 16.0 Å². The summed E-state index contributed by atoms with van der Waals surface area (Å²) >= 11 is 0. The van der Waals surface area contributed by atoms with Crippen LogP contribution in [-0.2, 0) is 34.1 Å². The summed E-state index contributed by atoms with van der Waals surface area (Å²) in [4.78, 5) is 12.2. The van der Waals surface area contributed by atoms with Crippen LogP contribution in [0, 0.1) is 0 Å². The van der Waals surface area contributed by atoms with Gasteiger partial charge in [0, 0.05) is 6.54 Å². The van der Waals surface area contributed by atoms with Crippen LogP contribution in [0.3, 0.4) is 0 Å². The van der Waals surface area contributed by atoms with Crippen molar-refractivity contribution in [2.45, 2.75) is 24.2 Å². The summed E-state index contributed by atoms with van der Waals surface area (Å²) in [5, 5.41) is 0. The van der Waals surface area contributed by atoms with Gasteiger partial charge < -0.3 is 4.74 Å². The normalized spacial score (nSPS) is 11.8. The number of benzene rings is 3. The maximum atomic E-state index is 12.8. The highest BCUT2D eigenvalue weighted by Gasteiger charge is 2.30. The Morgan fingerprint density at radius 1 is 0.871 bits per heavy atom. The fraction of sp³-hybridized carbons (Fsp3) is 0.136. The zero-order valence-electron chi connectivity index (χ0n) is 16.1. The molecule has 5 nitrogen and oxygen atoms in total. The molecule has 3 aromatic rings. The van der Waals surface area contributed by atoms with E-state index in [0.717, 1.165) is 23.8 Å². The zero-order chi connectivity index (χ0) is 22.5. The molecule has 0 aliphatic carbocycles. The zero-order valence-corrected chi connectivity index (χ0v) is 16.9. The lowest BCUT2D eigenvalue weighted by Gasteiger charge is -2.10. The smallest absolute Gasteiger partial charge is 0.416 e. The van der Waals surface area contributed by atoms with E-state index < -0.39 is 27.7 Å². The molecule has 0 bridgehead atoms. The van der Waals surface area contributed by atoms with E-state index in [-0.39, 0.29) is 29.2 Å². The lowest BCUT2D eigenvalue weighted by Crippen LogP contribution is -2.23. The van der Waals surface area contributed by atoms with Crippen LogP contribution in [0.2, 0.25) is 0 Å². The molecular weight excluding hydrogens is 431 g/mol. The first-order valence-electron chi connectivity index (χ1n) is 9.12. The first kappa shape index (κ1) is 22.5. The summed E-state index contributed by atoms with van der Waals surface area (Å²) in [6.45, 7) is -0.306. The molecule has 0 spiro atoms. The van der Waals surface area contributed by atoms with E-state index in [0.29, 0.717) is 0 Å². The van der Waals surface area contributed by atoms with Gasteiger partial charge in [0.2, 0.25) is 10.0 Å². The van der Waals surface area contributed by atoms with Crippen molar-refractivity contribution < 1.29 is 31.1 Å². The molecule has 162 valence electrons.